The van der Waals surface area contributed by atoms with Gasteiger partial charge in [-0.25, -0.2) is 0 Å². The molecule has 1 N–H and O–H groups in total. The number of carbonyl (C=O) groups excluding carboxylic acids is 4. The van der Waals surface area contributed by atoms with Crippen LogP contribution in [0.2, 0.25) is 0 Å². The predicted octanol–water partition coefficient (Wildman–Crippen LogP) is 9.03. The number of ether oxygens (including phenoxy) is 4. The lowest BCUT2D eigenvalue weighted by atomic mass is 9.56. The molecule has 12 rings (SSSR count). The molecule has 0 aromatic heterocycles. The number of rotatable bonds is 8. The molecule has 354 valence electrons. The third-order valence-corrected chi connectivity index (χ3v) is 22.9. The van der Waals surface area contributed by atoms with Crippen molar-refractivity contribution in [2.45, 2.75) is 112 Å². The van der Waals surface area contributed by atoms with Crippen molar-refractivity contribution in [1.29, 1.82) is 0 Å². The van der Waals surface area contributed by atoms with Gasteiger partial charge in [-0.1, -0.05) is 78.0 Å². The fraction of sp³-hybridized carbons (Fsp3) is 0.818. The van der Waals surface area contributed by atoms with Gasteiger partial charge < -0.3 is 28.8 Å². The number of fused-ring (bicyclic) bond motifs is 27. The summed E-state index contributed by atoms with van der Waals surface area (Å²) in [5.74, 6) is 15.3. The van der Waals surface area contributed by atoms with E-state index in [1.165, 1.54) is 73.1 Å². The highest BCUT2D eigenvalue weighted by Crippen LogP contribution is 2.75. The number of aliphatic hydroxyl groups excluding tert-OH is 1. The first-order valence-electron chi connectivity index (χ1n) is 25.3. The van der Waals surface area contributed by atoms with Gasteiger partial charge in [-0.3, -0.25) is 14.4 Å². The monoisotopic (exact) mass is 885 g/mol. The van der Waals surface area contributed by atoms with E-state index in [1.807, 2.05) is 0 Å². The standard InChI is InChI=1S/C19H28O3.C18H26O3.C15H20O.C3H6O2/c1-10-13-8-14(18-12-6-5-11(7-12)17(13)18)19(10,2)15(21-3)9-16(20)22-4;1-9-12-7-13(17-11-5-4-10(6-11)16(12)17)18(9,2)14(19)8-15(20)21-3;1-8-11-6-12(15(8,2)7-16)14-10-4-3-9(5-10)13(11)14;1-3(4)5-2/h5-6,10-15,17-18H,7-9H2,1-4H3;4-5,9-14,16-17,19H,6-8H2,1-3H3;3-4,7-14H,5-6H2,1-2H3;1-2H3. The Kier molecular flexibility index (Phi) is 12.1. The summed E-state index contributed by atoms with van der Waals surface area (Å²) in [6.45, 7) is 15.2. The average Bonchev–Trinajstić information content (AvgIpc) is 4.14. The van der Waals surface area contributed by atoms with Gasteiger partial charge in [-0.2, -0.15) is 0 Å². The number of aldehydes is 1. The van der Waals surface area contributed by atoms with Crippen molar-refractivity contribution in [3.8, 4) is 0 Å². The van der Waals surface area contributed by atoms with Crippen LogP contribution in [0.15, 0.2) is 36.5 Å². The number of esters is 3. The van der Waals surface area contributed by atoms with Crippen molar-refractivity contribution in [3.63, 3.8) is 0 Å². The number of allylic oxidation sites excluding steroid dienone is 6. The Morgan fingerprint density at radius 1 is 0.562 bits per heavy atom. The lowest BCUT2D eigenvalue weighted by Gasteiger charge is -2.50. The topological polar surface area (TPSA) is 125 Å². The van der Waals surface area contributed by atoms with Gasteiger partial charge in [0.05, 0.1) is 46.4 Å². The SMILES string of the molecule is CC1C2CC(C3C4C=CC(C4)C23)C1(C)C=O.COC(=O)CC(O)C1(C)C(C)C2CC1C1C3C=CC(C3)C21.COC(=O)CC(OC)C1(C)C(C)C2CC1C1C3C=CC(C3)C21.COC(C)=O. The third kappa shape index (κ3) is 6.54. The molecule has 9 saturated carbocycles. The molecule has 12 aliphatic rings. The molecule has 12 aliphatic carbocycles. The normalized spacial score (nSPS) is 52.5. The Balaban J connectivity index is 0.000000116. The summed E-state index contributed by atoms with van der Waals surface area (Å²) in [5, 5.41) is 10.8. The first kappa shape index (κ1) is 46.3. The number of aliphatic hydroxyl groups is 1. The van der Waals surface area contributed by atoms with Crippen LogP contribution in [0.5, 0.6) is 0 Å². The molecule has 0 radical (unpaired) electrons. The Morgan fingerprint density at radius 3 is 1.33 bits per heavy atom. The highest BCUT2D eigenvalue weighted by atomic mass is 16.5. The molecule has 9 nitrogen and oxygen atoms in total. The van der Waals surface area contributed by atoms with Crippen LogP contribution >= 0.6 is 0 Å². The van der Waals surface area contributed by atoms with Gasteiger partial charge in [-0.05, 0) is 163 Å². The minimum absolute atomic E-state index is 0.00977. The first-order chi connectivity index (χ1) is 30.4. The molecule has 0 aromatic carbocycles. The average molecular weight is 885 g/mol. The van der Waals surface area contributed by atoms with Gasteiger partial charge in [0.15, 0.2) is 0 Å². The Morgan fingerprint density at radius 2 is 0.922 bits per heavy atom. The van der Waals surface area contributed by atoms with E-state index in [4.69, 9.17) is 14.2 Å². The fourth-order valence-electron chi connectivity index (χ4n) is 19.6. The second kappa shape index (κ2) is 16.8. The zero-order valence-corrected chi connectivity index (χ0v) is 40.7. The lowest BCUT2D eigenvalue weighted by molar-refractivity contribution is -0.151. The molecular weight excluding hydrogens is 805 g/mol. The van der Waals surface area contributed by atoms with Gasteiger partial charge in [0, 0.05) is 30.3 Å². The molecule has 26 atom stereocenters. The maximum atomic E-state index is 11.8. The quantitative estimate of drug-likeness (QED) is 0.0836. The van der Waals surface area contributed by atoms with E-state index in [0.717, 1.165) is 88.8 Å². The maximum Gasteiger partial charge on any atom is 0.308 e. The molecule has 64 heavy (non-hydrogen) atoms. The van der Waals surface area contributed by atoms with E-state index >= 15 is 0 Å². The van der Waals surface area contributed by atoms with Crippen LogP contribution in [-0.4, -0.2) is 69.9 Å². The molecule has 26 unspecified atom stereocenters. The zero-order chi connectivity index (χ0) is 45.9. The summed E-state index contributed by atoms with van der Waals surface area (Å²) in [7, 11) is 5.98. The van der Waals surface area contributed by atoms with Gasteiger partial charge in [-0.15, -0.1) is 0 Å². The fourth-order valence-corrected chi connectivity index (χ4v) is 19.6. The molecule has 0 heterocycles. The van der Waals surface area contributed by atoms with E-state index in [2.05, 4.69) is 82.7 Å². The van der Waals surface area contributed by atoms with Crippen molar-refractivity contribution >= 4 is 24.2 Å². The summed E-state index contributed by atoms with van der Waals surface area (Å²) in [5.41, 5.74) is -0.0322. The van der Waals surface area contributed by atoms with Crippen molar-refractivity contribution in [2.75, 3.05) is 28.4 Å². The highest BCUT2D eigenvalue weighted by molar-refractivity contribution is 5.70. The van der Waals surface area contributed by atoms with Crippen molar-refractivity contribution in [2.24, 2.45) is 141 Å². The lowest BCUT2D eigenvalue weighted by Crippen LogP contribution is -2.50. The molecule has 9 fully saturated rings. The Labute approximate surface area is 383 Å². The number of hydrogen-bond acceptors (Lipinski definition) is 9. The predicted molar refractivity (Wildman–Crippen MR) is 244 cm³/mol. The van der Waals surface area contributed by atoms with Crippen LogP contribution in [0.1, 0.15) is 99.8 Å². The summed E-state index contributed by atoms with van der Waals surface area (Å²) < 4.78 is 19.6. The molecule has 9 heteroatoms. The summed E-state index contributed by atoms with van der Waals surface area (Å²) in [4.78, 5) is 44.5. The molecule has 0 aromatic rings. The second-order valence-corrected chi connectivity index (χ2v) is 23.9. The van der Waals surface area contributed by atoms with E-state index in [9.17, 15) is 24.3 Å². The van der Waals surface area contributed by atoms with Crippen molar-refractivity contribution < 1.29 is 43.2 Å². The summed E-state index contributed by atoms with van der Waals surface area (Å²) in [6.07, 6.45) is 24.0. The second-order valence-electron chi connectivity index (χ2n) is 23.9. The van der Waals surface area contributed by atoms with Crippen LogP contribution in [-0.2, 0) is 38.1 Å². The van der Waals surface area contributed by atoms with E-state index in [0.29, 0.717) is 41.9 Å². The molecule has 0 saturated heterocycles. The van der Waals surface area contributed by atoms with Crippen molar-refractivity contribution in [3.05, 3.63) is 36.5 Å². The minimum Gasteiger partial charge on any atom is -0.469 e. The van der Waals surface area contributed by atoms with Crippen LogP contribution in [0.25, 0.3) is 0 Å². The van der Waals surface area contributed by atoms with Gasteiger partial charge in [0.1, 0.15) is 6.29 Å². The Bertz CT molecular complexity index is 1920. The highest BCUT2D eigenvalue weighted by Gasteiger charge is 2.71. The molecular formula is C55H80O9. The van der Waals surface area contributed by atoms with Gasteiger partial charge in [0.25, 0.3) is 0 Å². The van der Waals surface area contributed by atoms with Gasteiger partial charge in [0.2, 0.25) is 0 Å². The van der Waals surface area contributed by atoms with Crippen molar-refractivity contribution in [1.82, 2.24) is 0 Å². The summed E-state index contributed by atoms with van der Waals surface area (Å²) in [6, 6.07) is 0. The third-order valence-electron chi connectivity index (χ3n) is 22.9. The van der Waals surface area contributed by atoms with E-state index < -0.39 is 6.10 Å². The van der Waals surface area contributed by atoms with Crippen LogP contribution in [0.4, 0.5) is 0 Å². The molecule has 0 aliphatic heterocycles. The molecule has 0 spiro atoms. The first-order valence-corrected chi connectivity index (χ1v) is 25.3. The number of methoxy groups -OCH3 is 4. The van der Waals surface area contributed by atoms with E-state index in [-0.39, 0.29) is 46.7 Å². The van der Waals surface area contributed by atoms with Crippen LogP contribution in [0, 0.1) is 141 Å². The minimum atomic E-state index is -0.570. The van der Waals surface area contributed by atoms with Crippen LogP contribution in [0.3, 0.4) is 0 Å². The summed E-state index contributed by atoms with van der Waals surface area (Å²) >= 11 is 0. The van der Waals surface area contributed by atoms with E-state index in [1.54, 1.807) is 7.11 Å². The number of carbonyl (C=O) groups is 4. The maximum absolute atomic E-state index is 11.8. The number of hydrogen-bond donors (Lipinski definition) is 1. The largest absolute Gasteiger partial charge is 0.469 e. The molecule has 12 bridgehead atoms. The molecule has 0 amide bonds. The Hall–Kier alpha value is -2.78. The van der Waals surface area contributed by atoms with Crippen LogP contribution < -0.4 is 0 Å². The smallest absolute Gasteiger partial charge is 0.308 e. The zero-order valence-electron chi connectivity index (χ0n) is 40.7. The van der Waals surface area contributed by atoms with Gasteiger partial charge >= 0.3 is 17.9 Å².